The highest BCUT2D eigenvalue weighted by Crippen LogP contribution is 2.32. The van der Waals surface area contributed by atoms with E-state index in [0.717, 1.165) is 11.1 Å². The maximum atomic E-state index is 13.0. The fraction of sp³-hybridized carbons (Fsp3) is 0.167. The lowest BCUT2D eigenvalue weighted by atomic mass is 9.95. The van der Waals surface area contributed by atoms with E-state index in [0.29, 0.717) is 16.9 Å². The Hall–Kier alpha value is -3.09. The smallest absolute Gasteiger partial charge is 0.241 e. The molecule has 0 aliphatic heterocycles. The first-order valence-corrected chi connectivity index (χ1v) is 11.0. The van der Waals surface area contributed by atoms with Gasteiger partial charge in [0, 0.05) is 5.56 Å². The van der Waals surface area contributed by atoms with Crippen LogP contribution < -0.4 is 9.46 Å². The van der Waals surface area contributed by atoms with Crippen LogP contribution in [0.15, 0.2) is 84.3 Å². The molecule has 3 aromatic carbocycles. The van der Waals surface area contributed by atoms with Crippen molar-refractivity contribution in [2.45, 2.75) is 24.3 Å². The van der Waals surface area contributed by atoms with Crippen LogP contribution in [-0.4, -0.2) is 20.6 Å². The zero-order valence-electron chi connectivity index (χ0n) is 17.0. The van der Waals surface area contributed by atoms with E-state index in [2.05, 4.69) is 11.3 Å². The second-order valence-corrected chi connectivity index (χ2v) is 8.80. The molecule has 0 aliphatic carbocycles. The molecule has 0 spiro atoms. The topological polar surface area (TPSA) is 75.6 Å². The average Bonchev–Trinajstić information content (AvgIpc) is 2.73. The van der Waals surface area contributed by atoms with Crippen molar-refractivity contribution in [3.63, 3.8) is 0 Å². The third-order valence-corrected chi connectivity index (χ3v) is 6.37. The number of rotatable bonds is 8. The van der Waals surface area contributed by atoms with Crippen LogP contribution in [0.3, 0.4) is 0 Å². The Morgan fingerprint density at radius 3 is 2.27 bits per heavy atom. The molecule has 6 heteroatoms. The number of aryl methyl sites for hydroxylation is 1. The summed E-state index contributed by atoms with van der Waals surface area (Å²) in [6.07, 6.45) is 0.287. The van der Waals surface area contributed by atoms with Gasteiger partial charge in [-0.15, -0.1) is 0 Å². The fourth-order valence-corrected chi connectivity index (χ4v) is 4.39. The van der Waals surface area contributed by atoms with Gasteiger partial charge in [0.05, 0.1) is 18.0 Å². The summed E-state index contributed by atoms with van der Waals surface area (Å²) in [5.41, 5.74) is 2.96. The van der Waals surface area contributed by atoms with E-state index < -0.39 is 16.1 Å². The normalized spacial score (nSPS) is 12.3. The second kappa shape index (κ2) is 9.15. The largest absolute Gasteiger partial charge is 0.507 e. The van der Waals surface area contributed by atoms with Crippen molar-refractivity contribution in [3.8, 4) is 11.5 Å². The van der Waals surface area contributed by atoms with E-state index in [9.17, 15) is 13.5 Å². The molecule has 0 aliphatic rings. The van der Waals surface area contributed by atoms with Crippen molar-refractivity contribution in [2.24, 2.45) is 0 Å². The summed E-state index contributed by atoms with van der Waals surface area (Å²) < 4.78 is 34.0. The van der Waals surface area contributed by atoms with Gasteiger partial charge < -0.3 is 9.84 Å². The highest BCUT2D eigenvalue weighted by atomic mass is 32.2. The van der Waals surface area contributed by atoms with Gasteiger partial charge >= 0.3 is 0 Å². The molecule has 30 heavy (non-hydrogen) atoms. The molecule has 3 rings (SSSR count). The maximum absolute atomic E-state index is 13.0. The van der Waals surface area contributed by atoms with Crippen LogP contribution >= 0.6 is 0 Å². The molecular weight excluding hydrogens is 398 g/mol. The number of para-hydroxylation sites is 1. The summed E-state index contributed by atoms with van der Waals surface area (Å²) in [7, 11) is -2.19. The van der Waals surface area contributed by atoms with Crippen LogP contribution in [0.5, 0.6) is 11.5 Å². The standard InChI is InChI=1S/C24H25NO4S/c1-17-8-14-21(15-9-17)30(27,28)25-23(19-10-12-20(29-3)13-11-19)16-18(2)22-6-4-5-7-24(22)26/h4-15,23,25-26H,2,16H2,1,3H3. The summed E-state index contributed by atoms with van der Waals surface area (Å²) >= 11 is 0. The van der Waals surface area contributed by atoms with Crippen molar-refractivity contribution < 1.29 is 18.3 Å². The van der Waals surface area contributed by atoms with Gasteiger partial charge in [0.25, 0.3) is 0 Å². The molecule has 1 atom stereocenters. The van der Waals surface area contributed by atoms with Gasteiger partial charge in [0.15, 0.2) is 0 Å². The van der Waals surface area contributed by atoms with Gasteiger partial charge in [-0.05, 0) is 54.8 Å². The first-order chi connectivity index (χ1) is 14.3. The van der Waals surface area contributed by atoms with Crippen LogP contribution in [0.25, 0.3) is 5.57 Å². The minimum absolute atomic E-state index is 0.109. The quantitative estimate of drug-likeness (QED) is 0.544. The van der Waals surface area contributed by atoms with Crippen molar-refractivity contribution in [1.82, 2.24) is 4.72 Å². The highest BCUT2D eigenvalue weighted by Gasteiger charge is 2.23. The molecule has 0 saturated heterocycles. The van der Waals surface area contributed by atoms with Crippen LogP contribution in [-0.2, 0) is 10.0 Å². The molecule has 3 aromatic rings. The lowest BCUT2D eigenvalue weighted by Gasteiger charge is -2.21. The number of benzene rings is 3. The van der Waals surface area contributed by atoms with Gasteiger partial charge in [0.2, 0.25) is 10.0 Å². The second-order valence-electron chi connectivity index (χ2n) is 7.08. The number of aromatic hydroxyl groups is 1. The molecule has 156 valence electrons. The summed E-state index contributed by atoms with van der Waals surface area (Å²) in [6.45, 7) is 5.98. The zero-order chi connectivity index (χ0) is 21.7. The van der Waals surface area contributed by atoms with E-state index in [1.807, 2.05) is 19.1 Å². The Balaban J connectivity index is 1.93. The monoisotopic (exact) mass is 423 g/mol. The molecule has 0 saturated carbocycles. The average molecular weight is 424 g/mol. The number of phenolic OH excluding ortho intramolecular Hbond substituents is 1. The number of nitrogens with one attached hydrogen (secondary N) is 1. The van der Waals surface area contributed by atoms with Gasteiger partial charge in [-0.1, -0.05) is 54.6 Å². The highest BCUT2D eigenvalue weighted by molar-refractivity contribution is 7.89. The summed E-state index contributed by atoms with van der Waals surface area (Å²) in [4.78, 5) is 0.194. The van der Waals surface area contributed by atoms with Crippen molar-refractivity contribution >= 4 is 15.6 Å². The first-order valence-electron chi connectivity index (χ1n) is 9.49. The van der Waals surface area contributed by atoms with E-state index in [1.54, 1.807) is 67.8 Å². The van der Waals surface area contributed by atoms with E-state index in [-0.39, 0.29) is 17.1 Å². The number of methoxy groups -OCH3 is 1. The molecule has 1 unspecified atom stereocenters. The summed E-state index contributed by atoms with van der Waals surface area (Å²) in [5.74, 6) is 0.788. The van der Waals surface area contributed by atoms with Crippen molar-refractivity contribution in [1.29, 1.82) is 0 Å². The predicted octanol–water partition coefficient (Wildman–Crippen LogP) is 4.83. The van der Waals surface area contributed by atoms with Crippen molar-refractivity contribution in [2.75, 3.05) is 7.11 Å². The minimum atomic E-state index is -3.76. The molecule has 2 N–H and O–H groups in total. The van der Waals surface area contributed by atoms with Gasteiger partial charge in [-0.25, -0.2) is 13.1 Å². The van der Waals surface area contributed by atoms with Gasteiger partial charge in [-0.2, -0.15) is 0 Å². The molecular formula is C24H25NO4S. The van der Waals surface area contributed by atoms with Crippen LogP contribution in [0.4, 0.5) is 0 Å². The molecule has 0 aromatic heterocycles. The molecule has 0 amide bonds. The third kappa shape index (κ3) is 5.09. The lowest BCUT2D eigenvalue weighted by molar-refractivity contribution is 0.414. The van der Waals surface area contributed by atoms with Crippen LogP contribution in [0.1, 0.15) is 29.2 Å². The molecule has 0 heterocycles. The number of ether oxygens (including phenoxy) is 1. The predicted molar refractivity (Wildman–Crippen MR) is 119 cm³/mol. The Bertz CT molecular complexity index is 1120. The van der Waals surface area contributed by atoms with Crippen molar-refractivity contribution in [3.05, 3.63) is 96.1 Å². The molecule has 0 fully saturated rings. The third-order valence-electron chi connectivity index (χ3n) is 4.88. The number of phenols is 1. The molecule has 5 nitrogen and oxygen atoms in total. The van der Waals surface area contributed by atoms with Crippen LogP contribution in [0, 0.1) is 6.92 Å². The summed E-state index contributed by atoms with van der Waals surface area (Å²) in [6, 6.07) is 20.2. The van der Waals surface area contributed by atoms with E-state index in [1.165, 1.54) is 0 Å². The summed E-state index contributed by atoms with van der Waals surface area (Å²) in [5, 5.41) is 10.2. The van der Waals surface area contributed by atoms with E-state index in [4.69, 9.17) is 4.74 Å². The Morgan fingerprint density at radius 1 is 1.03 bits per heavy atom. The maximum Gasteiger partial charge on any atom is 0.241 e. The fourth-order valence-electron chi connectivity index (χ4n) is 3.17. The molecule has 0 bridgehead atoms. The first kappa shape index (κ1) is 21.6. The van der Waals surface area contributed by atoms with Gasteiger partial charge in [0.1, 0.15) is 11.5 Å². The Kier molecular flexibility index (Phi) is 6.59. The zero-order valence-corrected chi connectivity index (χ0v) is 17.8. The SMILES string of the molecule is C=C(CC(NS(=O)(=O)c1ccc(C)cc1)c1ccc(OC)cc1)c1ccccc1O. The van der Waals surface area contributed by atoms with E-state index >= 15 is 0 Å². The number of sulfonamides is 1. The lowest BCUT2D eigenvalue weighted by Crippen LogP contribution is -2.29. The molecule has 0 radical (unpaired) electrons. The van der Waals surface area contributed by atoms with Crippen LogP contribution in [0.2, 0.25) is 0 Å². The number of hydrogen-bond acceptors (Lipinski definition) is 4. The number of hydrogen-bond donors (Lipinski definition) is 2. The van der Waals surface area contributed by atoms with Gasteiger partial charge in [-0.3, -0.25) is 0 Å². The Labute approximate surface area is 177 Å². The minimum Gasteiger partial charge on any atom is -0.507 e. The Morgan fingerprint density at radius 2 is 1.67 bits per heavy atom.